The number of carbonyl (C=O) groups excluding carboxylic acids is 3. The quantitative estimate of drug-likeness (QED) is 0.783. The highest BCUT2D eigenvalue weighted by Crippen LogP contribution is 2.22. The second-order valence-electron chi connectivity index (χ2n) is 7.04. The van der Waals surface area contributed by atoms with Crippen LogP contribution >= 0.6 is 0 Å². The summed E-state index contributed by atoms with van der Waals surface area (Å²) in [5, 5.41) is 2.75. The van der Waals surface area contributed by atoms with Gasteiger partial charge in [0.05, 0.1) is 23.8 Å². The monoisotopic (exact) mass is 395 g/mol. The van der Waals surface area contributed by atoms with E-state index in [-0.39, 0.29) is 17.9 Å². The fourth-order valence-corrected chi connectivity index (χ4v) is 3.55. The first-order valence-electron chi connectivity index (χ1n) is 9.79. The van der Waals surface area contributed by atoms with Crippen molar-refractivity contribution in [3.05, 3.63) is 59.4 Å². The molecule has 1 saturated heterocycles. The fraction of sp³-hybridized carbons (Fsp3) is 0.364. The minimum absolute atomic E-state index is 0.0823. The highest BCUT2D eigenvalue weighted by atomic mass is 16.5. The van der Waals surface area contributed by atoms with E-state index < -0.39 is 5.97 Å². The average molecular weight is 395 g/mol. The van der Waals surface area contributed by atoms with E-state index in [0.717, 1.165) is 32.2 Å². The predicted octanol–water partition coefficient (Wildman–Crippen LogP) is 3.53. The largest absolute Gasteiger partial charge is 0.465 e. The summed E-state index contributed by atoms with van der Waals surface area (Å²) >= 11 is 0. The van der Waals surface area contributed by atoms with Gasteiger partial charge in [0.1, 0.15) is 0 Å². The van der Waals surface area contributed by atoms with Crippen LogP contribution < -0.4 is 5.32 Å². The van der Waals surface area contributed by atoms with Crippen molar-refractivity contribution in [3.63, 3.8) is 0 Å². The van der Waals surface area contributed by atoms with E-state index in [0.29, 0.717) is 22.4 Å². The maximum Gasteiger partial charge on any atom is 0.337 e. The van der Waals surface area contributed by atoms with Crippen molar-refractivity contribution in [2.75, 3.05) is 19.0 Å². The van der Waals surface area contributed by atoms with Crippen LogP contribution in [-0.2, 0) is 4.74 Å². The van der Waals surface area contributed by atoms with Gasteiger partial charge in [-0.25, -0.2) is 4.79 Å². The summed E-state index contributed by atoms with van der Waals surface area (Å²) in [5.74, 6) is -0.897. The number of esters is 1. The normalized spacial score (nSPS) is 16.2. The van der Waals surface area contributed by atoms with Crippen molar-refractivity contribution in [1.82, 2.24) is 9.88 Å². The number of amides is 2. The number of benzene rings is 1. The zero-order valence-electron chi connectivity index (χ0n) is 16.7. The molecule has 1 aromatic heterocycles. The van der Waals surface area contributed by atoms with Crippen LogP contribution in [0.3, 0.4) is 0 Å². The molecule has 0 aliphatic carbocycles. The number of nitrogens with zero attached hydrogens (tertiary/aromatic N) is 2. The Labute approximate surface area is 170 Å². The molecule has 0 spiro atoms. The number of methoxy groups -OCH3 is 1. The number of hydrogen-bond acceptors (Lipinski definition) is 5. The summed E-state index contributed by atoms with van der Waals surface area (Å²) in [6, 6.07) is 8.19. The van der Waals surface area contributed by atoms with E-state index in [9.17, 15) is 14.4 Å². The van der Waals surface area contributed by atoms with Crippen molar-refractivity contribution in [2.24, 2.45) is 0 Å². The number of nitrogens with one attached hydrogen (secondary N) is 1. The predicted molar refractivity (Wildman–Crippen MR) is 109 cm³/mol. The van der Waals surface area contributed by atoms with Gasteiger partial charge in [-0.2, -0.15) is 0 Å². The summed E-state index contributed by atoms with van der Waals surface area (Å²) in [7, 11) is 1.31. The minimum atomic E-state index is -0.443. The van der Waals surface area contributed by atoms with E-state index in [4.69, 9.17) is 0 Å². The highest BCUT2D eigenvalue weighted by Gasteiger charge is 2.26. The van der Waals surface area contributed by atoms with Gasteiger partial charge in [-0.15, -0.1) is 0 Å². The summed E-state index contributed by atoms with van der Waals surface area (Å²) < 4.78 is 4.66. The number of hydrogen-bond donors (Lipinski definition) is 1. The maximum absolute atomic E-state index is 12.9. The first-order valence-corrected chi connectivity index (χ1v) is 9.79. The molecule has 0 bridgehead atoms. The Kier molecular flexibility index (Phi) is 6.59. The number of pyridine rings is 1. The van der Waals surface area contributed by atoms with Gasteiger partial charge in [-0.3, -0.25) is 14.6 Å². The smallest absolute Gasteiger partial charge is 0.337 e. The van der Waals surface area contributed by atoms with E-state index in [1.807, 2.05) is 4.90 Å². The third-order valence-corrected chi connectivity index (χ3v) is 5.17. The van der Waals surface area contributed by atoms with Crippen LogP contribution in [0, 0.1) is 0 Å². The van der Waals surface area contributed by atoms with Crippen LogP contribution in [0.1, 0.15) is 63.7 Å². The van der Waals surface area contributed by atoms with Crippen LogP contribution in [0.4, 0.5) is 5.69 Å². The van der Waals surface area contributed by atoms with Crippen LogP contribution in [-0.4, -0.2) is 47.4 Å². The van der Waals surface area contributed by atoms with Gasteiger partial charge >= 0.3 is 5.97 Å². The van der Waals surface area contributed by atoms with E-state index in [1.165, 1.54) is 19.5 Å². The molecule has 29 heavy (non-hydrogen) atoms. The molecular formula is C22H25N3O4. The van der Waals surface area contributed by atoms with E-state index in [1.54, 1.807) is 30.3 Å². The number of aromatic nitrogens is 1. The van der Waals surface area contributed by atoms with Crippen molar-refractivity contribution in [1.29, 1.82) is 0 Å². The van der Waals surface area contributed by atoms with Gasteiger partial charge in [-0.05, 0) is 56.0 Å². The zero-order valence-corrected chi connectivity index (χ0v) is 16.7. The number of ether oxygens (including phenoxy) is 1. The molecule has 1 atom stereocenters. The second kappa shape index (κ2) is 9.32. The summed E-state index contributed by atoms with van der Waals surface area (Å²) in [4.78, 5) is 43.0. The molecule has 1 N–H and O–H groups in total. The molecule has 3 rings (SSSR count). The molecular weight excluding hydrogens is 370 g/mol. The van der Waals surface area contributed by atoms with Gasteiger partial charge in [0.15, 0.2) is 0 Å². The molecule has 1 unspecified atom stereocenters. The van der Waals surface area contributed by atoms with Crippen molar-refractivity contribution in [3.8, 4) is 0 Å². The third-order valence-electron chi connectivity index (χ3n) is 5.17. The van der Waals surface area contributed by atoms with Gasteiger partial charge in [-0.1, -0.05) is 6.92 Å². The molecule has 152 valence electrons. The Bertz CT molecular complexity index is 895. The van der Waals surface area contributed by atoms with Gasteiger partial charge in [0, 0.05) is 30.7 Å². The Hall–Kier alpha value is -3.22. The van der Waals surface area contributed by atoms with Crippen molar-refractivity contribution < 1.29 is 19.1 Å². The molecule has 0 saturated carbocycles. The SMILES string of the molecule is CCC1CCCCN1C(=O)c1cncc(C(=O)Nc2ccc(C(=O)OC)cc2)c1. The first-order chi connectivity index (χ1) is 14.0. The topological polar surface area (TPSA) is 88.6 Å². The number of rotatable bonds is 5. The first kappa shape index (κ1) is 20.5. The number of carbonyl (C=O) groups is 3. The number of likely N-dealkylation sites (tertiary alicyclic amines) is 1. The van der Waals surface area contributed by atoms with Crippen LogP contribution in [0.15, 0.2) is 42.7 Å². The lowest BCUT2D eigenvalue weighted by Gasteiger charge is -2.35. The highest BCUT2D eigenvalue weighted by molar-refractivity contribution is 6.06. The average Bonchev–Trinajstić information content (AvgIpc) is 2.78. The molecule has 2 aromatic rings. The standard InChI is InChI=1S/C22H25N3O4/c1-3-19-6-4-5-11-25(19)21(27)17-12-16(13-23-14-17)20(26)24-18-9-7-15(8-10-18)22(28)29-2/h7-10,12-14,19H,3-6,11H2,1-2H3,(H,24,26). The summed E-state index contributed by atoms with van der Waals surface area (Å²) in [5.41, 5.74) is 1.64. The van der Waals surface area contributed by atoms with E-state index >= 15 is 0 Å². The molecule has 7 nitrogen and oxygen atoms in total. The van der Waals surface area contributed by atoms with Gasteiger partial charge in [0.25, 0.3) is 11.8 Å². The molecule has 2 amide bonds. The molecule has 1 fully saturated rings. The molecule has 7 heteroatoms. The van der Waals surface area contributed by atoms with Crippen molar-refractivity contribution in [2.45, 2.75) is 38.6 Å². The molecule has 2 heterocycles. The Morgan fingerprint density at radius 2 is 1.83 bits per heavy atom. The van der Waals surface area contributed by atoms with Crippen LogP contribution in [0.5, 0.6) is 0 Å². The third kappa shape index (κ3) is 4.80. The molecule has 0 radical (unpaired) electrons. The maximum atomic E-state index is 12.9. The Balaban J connectivity index is 1.72. The zero-order chi connectivity index (χ0) is 20.8. The van der Waals surface area contributed by atoms with Gasteiger partial charge in [0.2, 0.25) is 0 Å². The molecule has 1 aromatic carbocycles. The van der Waals surface area contributed by atoms with Crippen LogP contribution in [0.25, 0.3) is 0 Å². The number of piperidine rings is 1. The molecule has 1 aliphatic rings. The summed E-state index contributed by atoms with van der Waals surface area (Å²) in [6.07, 6.45) is 7.00. The summed E-state index contributed by atoms with van der Waals surface area (Å²) in [6.45, 7) is 2.82. The van der Waals surface area contributed by atoms with Crippen molar-refractivity contribution >= 4 is 23.5 Å². The lowest BCUT2D eigenvalue weighted by atomic mass is 9.99. The van der Waals surface area contributed by atoms with Gasteiger partial charge < -0.3 is 15.0 Å². The lowest BCUT2D eigenvalue weighted by molar-refractivity contribution is 0.0595. The lowest BCUT2D eigenvalue weighted by Crippen LogP contribution is -2.43. The minimum Gasteiger partial charge on any atom is -0.465 e. The number of anilines is 1. The van der Waals surface area contributed by atoms with E-state index in [2.05, 4.69) is 22.0 Å². The van der Waals surface area contributed by atoms with Crippen LogP contribution in [0.2, 0.25) is 0 Å². The fourth-order valence-electron chi connectivity index (χ4n) is 3.55. The second-order valence-corrected chi connectivity index (χ2v) is 7.04. The Morgan fingerprint density at radius 3 is 2.52 bits per heavy atom. The molecule has 1 aliphatic heterocycles. The Morgan fingerprint density at radius 1 is 1.10 bits per heavy atom.